The number of carbonyl (C=O) groups excluding carboxylic acids is 1. The third kappa shape index (κ3) is 4.75. The summed E-state index contributed by atoms with van der Waals surface area (Å²) in [6.07, 6.45) is 1.82. The first kappa shape index (κ1) is 19.6. The number of hydrogen-bond donors (Lipinski definition) is 2. The third-order valence-electron chi connectivity index (χ3n) is 5.41. The highest BCUT2D eigenvalue weighted by molar-refractivity contribution is 6.30. The van der Waals surface area contributed by atoms with E-state index in [4.69, 9.17) is 22.1 Å². The zero-order chi connectivity index (χ0) is 18.7. The topological polar surface area (TPSA) is 70.8 Å². The highest BCUT2D eigenvalue weighted by Gasteiger charge is 2.34. The van der Waals surface area contributed by atoms with E-state index in [9.17, 15) is 4.79 Å². The molecule has 0 saturated carbocycles. The number of carbonyl (C=O) groups is 1. The normalized spacial score (nSPS) is 21.5. The average molecular weight is 381 g/mol. The quantitative estimate of drug-likeness (QED) is 0.776. The van der Waals surface area contributed by atoms with Crippen molar-refractivity contribution < 1.29 is 9.53 Å². The summed E-state index contributed by atoms with van der Waals surface area (Å²) in [6, 6.07) is 3.80. The van der Waals surface area contributed by atoms with Crippen LogP contribution < -0.4 is 11.1 Å². The summed E-state index contributed by atoms with van der Waals surface area (Å²) in [4.78, 5) is 12.6. The van der Waals surface area contributed by atoms with Crippen LogP contribution in [0, 0.1) is 13.8 Å². The SMILES string of the molecule is Cc1cc(Cl)cc(C)c1CC(=O)NC1(N)CCN(N2CCOCC2)CC1. The number of ether oxygens (including phenoxy) is 1. The standard InChI is InChI=1S/C19H29ClN4O2/c1-14-11-16(20)12-15(2)17(14)13-18(25)22-19(21)3-5-23(6-4-19)24-7-9-26-10-8-24/h11-12H,3-10,13,21H2,1-2H3,(H,22,25). The Kier molecular flexibility index (Phi) is 6.20. The Balaban J connectivity index is 1.54. The van der Waals surface area contributed by atoms with E-state index in [1.165, 1.54) is 0 Å². The molecule has 1 aromatic carbocycles. The molecule has 0 unspecified atom stereocenters. The molecule has 3 N–H and O–H groups in total. The van der Waals surface area contributed by atoms with E-state index < -0.39 is 5.66 Å². The molecule has 0 spiro atoms. The van der Waals surface area contributed by atoms with Gasteiger partial charge in [-0.3, -0.25) is 4.79 Å². The number of rotatable bonds is 4. The highest BCUT2D eigenvalue weighted by Crippen LogP contribution is 2.22. The van der Waals surface area contributed by atoms with Crippen molar-refractivity contribution in [3.05, 3.63) is 33.8 Å². The van der Waals surface area contributed by atoms with Crippen LogP contribution >= 0.6 is 11.6 Å². The number of halogens is 1. The Labute approximate surface area is 160 Å². The summed E-state index contributed by atoms with van der Waals surface area (Å²) in [5, 5.41) is 8.46. The van der Waals surface area contributed by atoms with E-state index >= 15 is 0 Å². The number of morpholine rings is 1. The van der Waals surface area contributed by atoms with Crippen molar-refractivity contribution in [2.45, 2.75) is 38.8 Å². The fourth-order valence-corrected chi connectivity index (χ4v) is 4.17. The molecule has 2 saturated heterocycles. The number of nitrogens with two attached hydrogens (primary N) is 1. The minimum Gasteiger partial charge on any atom is -0.379 e. The lowest BCUT2D eigenvalue weighted by Crippen LogP contribution is -2.64. The van der Waals surface area contributed by atoms with Crippen molar-refractivity contribution in [3.8, 4) is 0 Å². The molecule has 2 aliphatic rings. The molecule has 7 heteroatoms. The van der Waals surface area contributed by atoms with Gasteiger partial charge in [-0.05, 0) is 55.5 Å². The Morgan fingerprint density at radius 2 is 1.69 bits per heavy atom. The monoisotopic (exact) mass is 380 g/mol. The Hall–Kier alpha value is -1.18. The van der Waals surface area contributed by atoms with E-state index in [-0.39, 0.29) is 5.91 Å². The molecule has 0 bridgehead atoms. The molecule has 0 aromatic heterocycles. The van der Waals surface area contributed by atoms with Crippen LogP contribution in [0.4, 0.5) is 0 Å². The molecule has 0 radical (unpaired) electrons. The number of nitrogens with one attached hydrogen (secondary N) is 1. The Bertz CT molecular complexity index is 630. The second kappa shape index (κ2) is 8.23. The van der Waals surface area contributed by atoms with Gasteiger partial charge < -0.3 is 15.8 Å². The zero-order valence-electron chi connectivity index (χ0n) is 15.7. The number of nitrogens with zero attached hydrogens (tertiary/aromatic N) is 2. The first-order valence-corrected chi connectivity index (χ1v) is 9.67. The number of piperidine rings is 1. The molecule has 6 nitrogen and oxygen atoms in total. The molecule has 1 amide bonds. The smallest absolute Gasteiger partial charge is 0.225 e. The van der Waals surface area contributed by atoms with Crippen LogP contribution in [-0.2, 0) is 16.0 Å². The molecule has 26 heavy (non-hydrogen) atoms. The summed E-state index contributed by atoms with van der Waals surface area (Å²) >= 11 is 6.08. The maximum Gasteiger partial charge on any atom is 0.225 e. The van der Waals surface area contributed by atoms with Gasteiger partial charge in [0.05, 0.1) is 25.3 Å². The van der Waals surface area contributed by atoms with Crippen LogP contribution in [0.5, 0.6) is 0 Å². The second-order valence-corrected chi connectivity index (χ2v) is 7.86. The second-order valence-electron chi connectivity index (χ2n) is 7.42. The lowest BCUT2D eigenvalue weighted by molar-refractivity contribution is -0.126. The third-order valence-corrected chi connectivity index (χ3v) is 5.62. The molecule has 0 aliphatic carbocycles. The molecule has 0 atom stereocenters. The first-order valence-electron chi connectivity index (χ1n) is 9.29. The van der Waals surface area contributed by atoms with Crippen LogP contribution in [0.2, 0.25) is 5.02 Å². The van der Waals surface area contributed by atoms with Gasteiger partial charge in [0.25, 0.3) is 0 Å². The average Bonchev–Trinajstić information content (AvgIpc) is 2.59. The van der Waals surface area contributed by atoms with Gasteiger partial charge >= 0.3 is 0 Å². The van der Waals surface area contributed by atoms with Gasteiger partial charge in [-0.2, -0.15) is 0 Å². The highest BCUT2D eigenvalue weighted by atomic mass is 35.5. The van der Waals surface area contributed by atoms with E-state index in [1.54, 1.807) is 0 Å². The molecule has 2 aliphatic heterocycles. The van der Waals surface area contributed by atoms with E-state index in [0.717, 1.165) is 68.9 Å². The van der Waals surface area contributed by atoms with Crippen molar-refractivity contribution >= 4 is 17.5 Å². The summed E-state index contributed by atoms with van der Waals surface area (Å²) in [5.74, 6) is -0.0270. The summed E-state index contributed by atoms with van der Waals surface area (Å²) < 4.78 is 5.41. The van der Waals surface area contributed by atoms with Crippen molar-refractivity contribution in [1.29, 1.82) is 0 Å². The van der Waals surface area contributed by atoms with Gasteiger partial charge in [0, 0.05) is 31.2 Å². The molecular weight excluding hydrogens is 352 g/mol. The fourth-order valence-electron chi connectivity index (χ4n) is 3.84. The van der Waals surface area contributed by atoms with Gasteiger partial charge in [-0.1, -0.05) is 11.6 Å². The number of hydrazine groups is 1. The molecule has 2 fully saturated rings. The molecule has 1 aromatic rings. The first-order chi connectivity index (χ1) is 12.4. The van der Waals surface area contributed by atoms with Crippen LogP contribution in [0.1, 0.15) is 29.5 Å². The zero-order valence-corrected chi connectivity index (χ0v) is 16.4. The minimum absolute atomic E-state index is 0.0270. The Morgan fingerprint density at radius 1 is 1.15 bits per heavy atom. The van der Waals surface area contributed by atoms with Crippen molar-refractivity contribution in [2.75, 3.05) is 39.4 Å². The Morgan fingerprint density at radius 3 is 2.27 bits per heavy atom. The van der Waals surface area contributed by atoms with Gasteiger partial charge in [0.15, 0.2) is 0 Å². The summed E-state index contributed by atoms with van der Waals surface area (Å²) in [6.45, 7) is 9.10. The number of amides is 1. The molecule has 2 heterocycles. The van der Waals surface area contributed by atoms with Crippen molar-refractivity contribution in [1.82, 2.24) is 15.3 Å². The van der Waals surface area contributed by atoms with Crippen LogP contribution in [0.15, 0.2) is 12.1 Å². The molecular formula is C19H29ClN4O2. The molecule has 3 rings (SSSR count). The lowest BCUT2D eigenvalue weighted by atomic mass is 9.96. The van der Waals surface area contributed by atoms with E-state index in [2.05, 4.69) is 15.3 Å². The van der Waals surface area contributed by atoms with Gasteiger partial charge in [0.2, 0.25) is 5.91 Å². The maximum atomic E-state index is 12.6. The van der Waals surface area contributed by atoms with Gasteiger partial charge in [0.1, 0.15) is 0 Å². The van der Waals surface area contributed by atoms with Crippen LogP contribution in [0.25, 0.3) is 0 Å². The maximum absolute atomic E-state index is 12.6. The van der Waals surface area contributed by atoms with Crippen molar-refractivity contribution in [3.63, 3.8) is 0 Å². The fraction of sp³-hybridized carbons (Fsp3) is 0.632. The van der Waals surface area contributed by atoms with Crippen LogP contribution in [-0.4, -0.2) is 61.0 Å². The van der Waals surface area contributed by atoms with E-state index in [0.29, 0.717) is 11.4 Å². The number of hydrogen-bond acceptors (Lipinski definition) is 5. The van der Waals surface area contributed by atoms with Crippen LogP contribution in [0.3, 0.4) is 0 Å². The summed E-state index contributed by atoms with van der Waals surface area (Å²) in [5.41, 5.74) is 8.96. The number of aryl methyl sites for hydroxylation is 2. The van der Waals surface area contributed by atoms with Gasteiger partial charge in [-0.25, -0.2) is 10.0 Å². The lowest BCUT2D eigenvalue weighted by Gasteiger charge is -2.45. The predicted octanol–water partition coefficient (Wildman–Crippen LogP) is 1.61. The predicted molar refractivity (Wildman–Crippen MR) is 103 cm³/mol. The molecule has 144 valence electrons. The van der Waals surface area contributed by atoms with Crippen molar-refractivity contribution in [2.24, 2.45) is 5.73 Å². The largest absolute Gasteiger partial charge is 0.379 e. The van der Waals surface area contributed by atoms with E-state index in [1.807, 2.05) is 26.0 Å². The summed E-state index contributed by atoms with van der Waals surface area (Å²) in [7, 11) is 0. The minimum atomic E-state index is -0.631. The van der Waals surface area contributed by atoms with Gasteiger partial charge in [-0.15, -0.1) is 0 Å². The number of benzene rings is 1.